The highest BCUT2D eigenvalue weighted by Gasteiger charge is 2.28. The van der Waals surface area contributed by atoms with E-state index in [9.17, 15) is 4.79 Å². The number of aromatic nitrogens is 1. The highest BCUT2D eigenvalue weighted by atomic mass is 16.5. The largest absolute Gasteiger partial charge is 0.376 e. The monoisotopic (exact) mass is 447 g/mol. The number of hydrogen-bond acceptors (Lipinski definition) is 5. The molecule has 2 aromatic carbocycles. The van der Waals surface area contributed by atoms with Crippen LogP contribution in [0, 0.1) is 6.92 Å². The van der Waals surface area contributed by atoms with Crippen LogP contribution in [0.15, 0.2) is 59.1 Å². The van der Waals surface area contributed by atoms with Crippen LogP contribution in [0.5, 0.6) is 0 Å². The van der Waals surface area contributed by atoms with E-state index >= 15 is 0 Å². The van der Waals surface area contributed by atoms with Gasteiger partial charge in [-0.05, 0) is 45.7 Å². The number of ether oxygens (including phenoxy) is 1. The third-order valence-electron chi connectivity index (χ3n) is 6.21. The summed E-state index contributed by atoms with van der Waals surface area (Å²) in [6.45, 7) is 9.50. The molecule has 3 aromatic rings. The highest BCUT2D eigenvalue weighted by molar-refractivity contribution is 5.94. The van der Waals surface area contributed by atoms with Crippen LogP contribution < -0.4 is 4.90 Å². The maximum absolute atomic E-state index is 13.7. The molecule has 2 heterocycles. The van der Waals surface area contributed by atoms with Crippen molar-refractivity contribution in [3.05, 3.63) is 71.3 Å². The average Bonchev–Trinajstić information content (AvgIpc) is 3.50. The van der Waals surface area contributed by atoms with Crippen molar-refractivity contribution in [1.82, 2.24) is 10.1 Å². The highest BCUT2D eigenvalue weighted by Crippen LogP contribution is 2.33. The lowest BCUT2D eigenvalue weighted by molar-refractivity contribution is 0.0507. The number of amides is 1. The quantitative estimate of drug-likeness (QED) is 0.444. The first-order valence-electron chi connectivity index (χ1n) is 11.9. The molecule has 1 amide bonds. The Morgan fingerprint density at radius 1 is 1.09 bits per heavy atom. The Hall–Kier alpha value is -3.12. The summed E-state index contributed by atoms with van der Waals surface area (Å²) in [4.78, 5) is 17.7. The van der Waals surface area contributed by atoms with Crippen LogP contribution in [-0.4, -0.2) is 48.3 Å². The van der Waals surface area contributed by atoms with Crippen molar-refractivity contribution in [2.75, 3.05) is 31.1 Å². The molecule has 0 unspecified atom stereocenters. The van der Waals surface area contributed by atoms with E-state index in [4.69, 9.17) is 9.26 Å². The normalized spacial score (nSPS) is 15.5. The van der Waals surface area contributed by atoms with Gasteiger partial charge in [-0.25, -0.2) is 0 Å². The molecule has 0 N–H and O–H groups in total. The molecule has 1 aliphatic heterocycles. The molecule has 0 saturated carbocycles. The third kappa shape index (κ3) is 5.28. The van der Waals surface area contributed by atoms with E-state index in [2.05, 4.69) is 23.9 Å². The van der Waals surface area contributed by atoms with Gasteiger partial charge in [-0.1, -0.05) is 53.2 Å². The van der Waals surface area contributed by atoms with Gasteiger partial charge in [-0.15, -0.1) is 0 Å². The minimum atomic E-state index is -0.0000846. The maximum atomic E-state index is 13.7. The SMILES string of the molecule is CCN(CC)c1onc(-c2ccccc2)c1CN(C[C@H]1CCCO1)C(=O)c1cccc(C)c1. The number of nitrogens with zero attached hydrogens (tertiary/aromatic N) is 3. The zero-order valence-corrected chi connectivity index (χ0v) is 19.8. The van der Waals surface area contributed by atoms with E-state index in [1.165, 1.54) is 0 Å². The minimum absolute atomic E-state index is 0.0000846. The molecule has 0 radical (unpaired) electrons. The Kier molecular flexibility index (Phi) is 7.45. The molecule has 1 fully saturated rings. The molecule has 6 heteroatoms. The minimum Gasteiger partial charge on any atom is -0.376 e. The van der Waals surface area contributed by atoms with E-state index in [-0.39, 0.29) is 12.0 Å². The molecule has 1 aromatic heterocycles. The second kappa shape index (κ2) is 10.7. The number of carbonyl (C=O) groups excluding carboxylic acids is 1. The second-order valence-electron chi connectivity index (χ2n) is 8.54. The first kappa shape index (κ1) is 23.1. The van der Waals surface area contributed by atoms with Crippen molar-refractivity contribution >= 4 is 11.8 Å². The Bertz CT molecular complexity index is 1050. The van der Waals surface area contributed by atoms with Gasteiger partial charge in [-0.2, -0.15) is 0 Å². The molecule has 0 spiro atoms. The van der Waals surface area contributed by atoms with E-state index in [1.807, 2.05) is 66.4 Å². The van der Waals surface area contributed by atoms with E-state index in [0.717, 1.165) is 60.8 Å². The number of hydrogen-bond donors (Lipinski definition) is 0. The summed E-state index contributed by atoms with van der Waals surface area (Å²) in [5.41, 5.74) is 4.46. The standard InChI is InChI=1S/C27H33N3O3/c1-4-29(5-2)27-24(25(28-33-27)21-12-7-6-8-13-21)19-30(18-23-15-10-16-32-23)26(31)22-14-9-11-20(3)17-22/h6-9,11-14,17,23H,4-5,10,15-16,18-19H2,1-3H3/t23-/m1/s1. The molecule has 0 bridgehead atoms. The molecule has 174 valence electrons. The third-order valence-corrected chi connectivity index (χ3v) is 6.21. The number of benzene rings is 2. The number of rotatable bonds is 9. The van der Waals surface area contributed by atoms with E-state index in [1.54, 1.807) is 0 Å². The zero-order chi connectivity index (χ0) is 23.2. The molecule has 1 aliphatic rings. The van der Waals surface area contributed by atoms with Crippen molar-refractivity contribution in [1.29, 1.82) is 0 Å². The summed E-state index contributed by atoms with van der Waals surface area (Å²) in [7, 11) is 0. The van der Waals surface area contributed by atoms with Crippen molar-refractivity contribution < 1.29 is 14.1 Å². The summed E-state index contributed by atoms with van der Waals surface area (Å²) in [6, 6.07) is 17.8. The molecule has 4 rings (SSSR count). The molecule has 33 heavy (non-hydrogen) atoms. The smallest absolute Gasteiger partial charge is 0.254 e. The second-order valence-corrected chi connectivity index (χ2v) is 8.54. The lowest BCUT2D eigenvalue weighted by atomic mass is 10.1. The maximum Gasteiger partial charge on any atom is 0.254 e. The molecule has 1 atom stereocenters. The predicted molar refractivity (Wildman–Crippen MR) is 130 cm³/mol. The van der Waals surface area contributed by atoms with Gasteiger partial charge in [0, 0.05) is 37.4 Å². The summed E-state index contributed by atoms with van der Waals surface area (Å²) >= 11 is 0. The average molecular weight is 448 g/mol. The first-order chi connectivity index (χ1) is 16.1. The van der Waals surface area contributed by atoms with E-state index in [0.29, 0.717) is 18.7 Å². The molecule has 0 aliphatic carbocycles. The predicted octanol–water partition coefficient (Wildman–Crippen LogP) is 5.32. The van der Waals surface area contributed by atoms with Crippen LogP contribution >= 0.6 is 0 Å². The summed E-state index contributed by atoms with van der Waals surface area (Å²) in [6.07, 6.45) is 2.05. The van der Waals surface area contributed by atoms with Gasteiger partial charge in [-0.3, -0.25) is 4.79 Å². The summed E-state index contributed by atoms with van der Waals surface area (Å²) < 4.78 is 11.8. The fraction of sp³-hybridized carbons (Fsp3) is 0.407. The molecule has 6 nitrogen and oxygen atoms in total. The van der Waals surface area contributed by atoms with Gasteiger partial charge in [0.25, 0.3) is 5.91 Å². The molecular formula is C27H33N3O3. The van der Waals surface area contributed by atoms with Crippen LogP contribution in [0.25, 0.3) is 11.3 Å². The van der Waals surface area contributed by atoms with Crippen LogP contribution in [0.1, 0.15) is 48.2 Å². The number of aryl methyl sites for hydroxylation is 1. The number of carbonyl (C=O) groups is 1. The fourth-order valence-corrected chi connectivity index (χ4v) is 4.43. The zero-order valence-electron chi connectivity index (χ0n) is 19.8. The Morgan fingerprint density at radius 2 is 1.88 bits per heavy atom. The first-order valence-corrected chi connectivity index (χ1v) is 11.9. The summed E-state index contributed by atoms with van der Waals surface area (Å²) in [5, 5.41) is 4.45. The van der Waals surface area contributed by atoms with Gasteiger partial charge < -0.3 is 19.1 Å². The van der Waals surface area contributed by atoms with Crippen molar-refractivity contribution in [3.63, 3.8) is 0 Å². The van der Waals surface area contributed by atoms with Gasteiger partial charge in [0.15, 0.2) is 0 Å². The van der Waals surface area contributed by atoms with Crippen molar-refractivity contribution in [2.24, 2.45) is 0 Å². The number of anilines is 1. The van der Waals surface area contributed by atoms with Crippen LogP contribution in [0.4, 0.5) is 5.88 Å². The lowest BCUT2D eigenvalue weighted by Gasteiger charge is -2.27. The topological polar surface area (TPSA) is 58.8 Å². The van der Waals surface area contributed by atoms with Gasteiger partial charge >= 0.3 is 0 Å². The van der Waals surface area contributed by atoms with Gasteiger partial charge in [0.05, 0.1) is 18.2 Å². The van der Waals surface area contributed by atoms with Crippen LogP contribution in [0.2, 0.25) is 0 Å². The van der Waals surface area contributed by atoms with E-state index < -0.39 is 0 Å². The molecular weight excluding hydrogens is 414 g/mol. The van der Waals surface area contributed by atoms with Gasteiger partial charge in [0.1, 0.15) is 5.69 Å². The van der Waals surface area contributed by atoms with Crippen molar-refractivity contribution in [2.45, 2.75) is 46.3 Å². The fourth-order valence-electron chi connectivity index (χ4n) is 4.43. The molecule has 1 saturated heterocycles. The van der Waals surface area contributed by atoms with Crippen LogP contribution in [-0.2, 0) is 11.3 Å². The Morgan fingerprint density at radius 3 is 2.55 bits per heavy atom. The van der Waals surface area contributed by atoms with Crippen molar-refractivity contribution in [3.8, 4) is 11.3 Å². The Labute approximate surface area is 196 Å². The van der Waals surface area contributed by atoms with Crippen LogP contribution in [0.3, 0.4) is 0 Å². The lowest BCUT2D eigenvalue weighted by Crippen LogP contribution is -2.37. The van der Waals surface area contributed by atoms with Gasteiger partial charge in [0.2, 0.25) is 5.88 Å². The Balaban J connectivity index is 1.73. The summed E-state index contributed by atoms with van der Waals surface area (Å²) in [5.74, 6) is 0.730.